The fraction of sp³-hybridized carbons (Fsp3) is 0.441. The molecule has 2 aromatic carbocycles. The third-order valence-electron chi connectivity index (χ3n) is 10.2. The van der Waals surface area contributed by atoms with Crippen molar-refractivity contribution in [1.82, 2.24) is 24.3 Å². The van der Waals surface area contributed by atoms with E-state index < -0.39 is 0 Å². The van der Waals surface area contributed by atoms with Crippen LogP contribution in [0.2, 0.25) is 0 Å². The van der Waals surface area contributed by atoms with Gasteiger partial charge in [0.25, 0.3) is 5.91 Å². The first-order valence-corrected chi connectivity index (χ1v) is 15.2. The van der Waals surface area contributed by atoms with Crippen molar-refractivity contribution < 1.29 is 9.53 Å². The summed E-state index contributed by atoms with van der Waals surface area (Å²) in [5.41, 5.74) is 4.50. The first-order valence-electron chi connectivity index (χ1n) is 15.2. The Morgan fingerprint density at radius 1 is 0.902 bits per heavy atom. The van der Waals surface area contributed by atoms with Gasteiger partial charge in [-0.3, -0.25) is 9.69 Å². The molecule has 0 radical (unpaired) electrons. The number of carbonyl (C=O) groups excluding carboxylic acids is 1. The molecule has 2 aromatic heterocycles. The number of carbonyl (C=O) groups is 1. The van der Waals surface area contributed by atoms with Crippen molar-refractivity contribution >= 4 is 16.9 Å². The highest BCUT2D eigenvalue weighted by Crippen LogP contribution is 2.44. The van der Waals surface area contributed by atoms with E-state index in [2.05, 4.69) is 80.4 Å². The molecule has 0 N–H and O–H groups in total. The van der Waals surface area contributed by atoms with Crippen molar-refractivity contribution in [1.29, 1.82) is 0 Å². The minimum Gasteiger partial charge on any atom is -0.481 e. The van der Waals surface area contributed by atoms with Gasteiger partial charge < -0.3 is 14.2 Å². The van der Waals surface area contributed by atoms with E-state index in [1.54, 1.807) is 19.4 Å². The van der Waals surface area contributed by atoms with Crippen molar-refractivity contribution in [3.8, 4) is 5.88 Å². The predicted octanol–water partition coefficient (Wildman–Crippen LogP) is 5.87. The molecule has 4 aromatic rings. The number of fused-ring (bicyclic) bond motifs is 3. The van der Waals surface area contributed by atoms with Gasteiger partial charge in [-0.25, -0.2) is 9.97 Å². The first kappa shape index (κ1) is 26.2. The Hall–Kier alpha value is -3.71. The van der Waals surface area contributed by atoms with Crippen molar-refractivity contribution in [2.45, 2.75) is 68.5 Å². The van der Waals surface area contributed by atoms with E-state index in [4.69, 9.17) is 4.74 Å². The topological polar surface area (TPSA) is 63.5 Å². The number of para-hydroxylation sites is 2. The molecule has 212 valence electrons. The van der Waals surface area contributed by atoms with Gasteiger partial charge in [-0.05, 0) is 80.7 Å². The number of hydrogen-bond donors (Lipinski definition) is 0. The Morgan fingerprint density at radius 2 is 1.63 bits per heavy atom. The molecule has 7 heteroatoms. The molecule has 2 bridgehead atoms. The zero-order chi connectivity index (χ0) is 27.8. The number of pyridine rings is 1. The average Bonchev–Trinajstić information content (AvgIpc) is 3.57. The maximum Gasteiger partial charge on any atom is 0.255 e. The zero-order valence-corrected chi connectivity index (χ0v) is 23.9. The highest BCUT2D eigenvalue weighted by atomic mass is 16.5. The second-order valence-corrected chi connectivity index (χ2v) is 12.2. The lowest BCUT2D eigenvalue weighted by Gasteiger charge is -2.45. The van der Waals surface area contributed by atoms with E-state index >= 15 is 0 Å². The van der Waals surface area contributed by atoms with Crippen LogP contribution in [-0.4, -0.2) is 69.1 Å². The van der Waals surface area contributed by atoms with Crippen LogP contribution in [0.25, 0.3) is 11.0 Å². The van der Waals surface area contributed by atoms with Crippen molar-refractivity contribution in [2.24, 2.45) is 0 Å². The number of imidazole rings is 1. The molecule has 2 atom stereocenters. The van der Waals surface area contributed by atoms with Gasteiger partial charge in [0, 0.05) is 43.5 Å². The van der Waals surface area contributed by atoms with Crippen LogP contribution in [-0.2, 0) is 5.41 Å². The molecule has 0 aliphatic carbocycles. The number of methoxy groups -OCH3 is 1. The number of amides is 1. The lowest BCUT2D eigenvalue weighted by atomic mass is 9.70. The second-order valence-electron chi connectivity index (χ2n) is 12.2. The summed E-state index contributed by atoms with van der Waals surface area (Å²) in [6.07, 6.45) is 11.8. The molecule has 1 amide bonds. The van der Waals surface area contributed by atoms with Gasteiger partial charge in [-0.2, -0.15) is 0 Å². The van der Waals surface area contributed by atoms with Gasteiger partial charge in [0.05, 0.1) is 30.0 Å². The molecule has 0 spiro atoms. The van der Waals surface area contributed by atoms with Gasteiger partial charge in [-0.1, -0.05) is 42.5 Å². The third-order valence-corrected chi connectivity index (χ3v) is 10.2. The van der Waals surface area contributed by atoms with Crippen molar-refractivity contribution in [3.63, 3.8) is 0 Å². The summed E-state index contributed by atoms with van der Waals surface area (Å²) in [5, 5.41) is 0. The highest BCUT2D eigenvalue weighted by Gasteiger charge is 2.44. The standard InChI is InChI=1S/C34H39N5O2/c1-41-32-14-11-25(23-35-32)33(40)37-18-15-34(16-19-37,26-7-3-2-4-8-26)17-20-38-27-12-13-28(38)22-29(21-27)39-24-36-30-9-5-6-10-31(30)39/h2-11,14,23-24,27-29H,12-13,15-22H2,1H3. The van der Waals surface area contributed by atoms with Crippen LogP contribution >= 0.6 is 0 Å². The SMILES string of the molecule is COc1ccc(C(=O)N2CCC(CCN3C4CCC3CC(n3cnc5ccccc53)C4)(c3ccccc3)CC2)cn1. The van der Waals surface area contributed by atoms with Crippen LogP contribution < -0.4 is 4.74 Å². The number of aromatic nitrogens is 3. The van der Waals surface area contributed by atoms with E-state index in [1.165, 1.54) is 36.8 Å². The van der Waals surface area contributed by atoms with Crippen LogP contribution in [0.4, 0.5) is 0 Å². The summed E-state index contributed by atoms with van der Waals surface area (Å²) in [7, 11) is 1.59. The van der Waals surface area contributed by atoms with Gasteiger partial charge in [0.1, 0.15) is 0 Å². The van der Waals surface area contributed by atoms with Gasteiger partial charge in [0.15, 0.2) is 0 Å². The van der Waals surface area contributed by atoms with Crippen LogP contribution in [0.15, 0.2) is 79.3 Å². The molecule has 5 heterocycles. The molecule has 7 rings (SSSR count). The first-order chi connectivity index (χ1) is 20.1. The minimum atomic E-state index is 0.0638. The largest absolute Gasteiger partial charge is 0.481 e. The highest BCUT2D eigenvalue weighted by molar-refractivity contribution is 5.94. The molecule has 3 aliphatic rings. The van der Waals surface area contributed by atoms with E-state index in [1.807, 2.05) is 11.0 Å². The Kier molecular flexibility index (Phi) is 6.99. The molecule has 7 nitrogen and oxygen atoms in total. The quantitative estimate of drug-likeness (QED) is 0.288. The maximum atomic E-state index is 13.3. The fourth-order valence-electron chi connectivity index (χ4n) is 7.87. The summed E-state index contributed by atoms with van der Waals surface area (Å²) < 4.78 is 7.60. The Balaban J connectivity index is 1.04. The number of nitrogens with zero attached hydrogens (tertiary/aromatic N) is 5. The zero-order valence-electron chi connectivity index (χ0n) is 23.9. The van der Waals surface area contributed by atoms with Crippen molar-refractivity contribution in [3.05, 3.63) is 90.4 Å². The lowest BCUT2D eigenvalue weighted by molar-refractivity contribution is 0.0607. The fourth-order valence-corrected chi connectivity index (χ4v) is 7.87. The summed E-state index contributed by atoms with van der Waals surface area (Å²) in [5.74, 6) is 0.591. The third kappa shape index (κ3) is 4.90. The molecule has 41 heavy (non-hydrogen) atoms. The van der Waals surface area contributed by atoms with E-state index in [0.717, 1.165) is 44.4 Å². The smallest absolute Gasteiger partial charge is 0.255 e. The minimum absolute atomic E-state index is 0.0638. The van der Waals surface area contributed by atoms with Gasteiger partial charge >= 0.3 is 0 Å². The van der Waals surface area contributed by atoms with Gasteiger partial charge in [-0.15, -0.1) is 0 Å². The molecular formula is C34H39N5O2. The number of benzene rings is 2. The summed E-state index contributed by atoms with van der Waals surface area (Å²) in [6.45, 7) is 2.66. The molecule has 0 saturated carbocycles. The Bertz CT molecular complexity index is 1480. The van der Waals surface area contributed by atoms with E-state index in [-0.39, 0.29) is 11.3 Å². The Morgan fingerprint density at radius 3 is 2.34 bits per heavy atom. The van der Waals surface area contributed by atoms with Crippen LogP contribution in [0.5, 0.6) is 5.88 Å². The molecule has 3 fully saturated rings. The number of likely N-dealkylation sites (tertiary alicyclic amines) is 1. The normalized spacial score (nSPS) is 24.0. The van der Waals surface area contributed by atoms with Crippen LogP contribution in [0, 0.1) is 0 Å². The number of rotatable bonds is 7. The Labute approximate surface area is 242 Å². The molecule has 2 unspecified atom stereocenters. The molecule has 3 aliphatic heterocycles. The average molecular weight is 550 g/mol. The summed E-state index contributed by atoms with van der Waals surface area (Å²) in [6, 6.07) is 25.0. The molecular weight excluding hydrogens is 510 g/mol. The number of hydrogen-bond acceptors (Lipinski definition) is 5. The van der Waals surface area contributed by atoms with Crippen molar-refractivity contribution in [2.75, 3.05) is 26.7 Å². The number of piperidine rings is 2. The van der Waals surface area contributed by atoms with Crippen LogP contribution in [0.1, 0.15) is 66.9 Å². The van der Waals surface area contributed by atoms with Crippen LogP contribution in [0.3, 0.4) is 0 Å². The van der Waals surface area contributed by atoms with E-state index in [9.17, 15) is 4.79 Å². The monoisotopic (exact) mass is 549 g/mol. The number of ether oxygens (including phenoxy) is 1. The second kappa shape index (κ2) is 10.9. The maximum absolute atomic E-state index is 13.3. The summed E-state index contributed by atoms with van der Waals surface area (Å²) >= 11 is 0. The molecule has 3 saturated heterocycles. The summed E-state index contributed by atoms with van der Waals surface area (Å²) in [4.78, 5) is 27.1. The van der Waals surface area contributed by atoms with Gasteiger partial charge in [0.2, 0.25) is 5.88 Å². The van der Waals surface area contributed by atoms with E-state index in [0.29, 0.717) is 29.6 Å². The predicted molar refractivity (Wildman–Crippen MR) is 160 cm³/mol. The lowest BCUT2D eigenvalue weighted by Crippen LogP contribution is -2.49.